The molecule has 0 amide bonds. The number of anilines is 3. The lowest BCUT2D eigenvalue weighted by Crippen LogP contribution is -2.31. The van der Waals surface area contributed by atoms with Gasteiger partial charge in [0.15, 0.2) is 0 Å². The highest BCUT2D eigenvalue weighted by Gasteiger charge is 2.34. The van der Waals surface area contributed by atoms with Crippen LogP contribution in [0, 0.1) is 10.1 Å². The van der Waals surface area contributed by atoms with Gasteiger partial charge in [0, 0.05) is 13.1 Å². The van der Waals surface area contributed by atoms with Crippen LogP contribution in [0.1, 0.15) is 24.8 Å². The summed E-state index contributed by atoms with van der Waals surface area (Å²) in [7, 11) is 0. The second kappa shape index (κ2) is 7.14. The minimum Gasteiger partial charge on any atom is -0.351 e. The van der Waals surface area contributed by atoms with Crippen LogP contribution in [0.3, 0.4) is 0 Å². The van der Waals surface area contributed by atoms with Crippen molar-refractivity contribution in [2.24, 2.45) is 0 Å². The number of benzene rings is 1. The monoisotopic (exact) mass is 367 g/mol. The predicted octanol–water partition coefficient (Wildman–Crippen LogP) is 4.14. The van der Waals surface area contributed by atoms with E-state index in [-0.39, 0.29) is 17.3 Å². The Bertz CT molecular complexity index is 807. The number of aromatic nitrogens is 2. The topological polar surface area (TPSA) is 84.2 Å². The number of hydrogen-bond acceptors (Lipinski definition) is 6. The first kappa shape index (κ1) is 17.9. The standard InChI is InChI=1S/C16H16F3N5O2/c17-16(18,19)11-6-2-3-7-12(11)22-14-13(24(25)26)15(21-10-20-14)23-8-4-1-5-9-23/h2-3,6-7,10H,1,4-5,8-9H2,(H,20,21,22). The highest BCUT2D eigenvalue weighted by molar-refractivity contribution is 5.75. The molecular weight excluding hydrogens is 351 g/mol. The van der Waals surface area contributed by atoms with Gasteiger partial charge in [-0.25, -0.2) is 9.97 Å². The second-order valence-electron chi connectivity index (χ2n) is 5.87. The minimum atomic E-state index is -4.60. The zero-order valence-corrected chi connectivity index (χ0v) is 13.7. The van der Waals surface area contributed by atoms with Gasteiger partial charge in [-0.3, -0.25) is 10.1 Å². The molecule has 1 aliphatic heterocycles. The Morgan fingerprint density at radius 1 is 1.12 bits per heavy atom. The summed E-state index contributed by atoms with van der Waals surface area (Å²) >= 11 is 0. The Balaban J connectivity index is 2.02. The molecule has 1 fully saturated rings. The number of alkyl halides is 3. The smallest absolute Gasteiger partial charge is 0.351 e. The fourth-order valence-corrected chi connectivity index (χ4v) is 2.93. The second-order valence-corrected chi connectivity index (χ2v) is 5.87. The number of para-hydroxylation sites is 1. The van der Waals surface area contributed by atoms with Crippen LogP contribution in [-0.4, -0.2) is 28.0 Å². The Morgan fingerprint density at radius 2 is 1.81 bits per heavy atom. The Kier molecular flexibility index (Phi) is 4.92. The van der Waals surface area contributed by atoms with Gasteiger partial charge in [0.2, 0.25) is 11.6 Å². The van der Waals surface area contributed by atoms with Crippen molar-refractivity contribution >= 4 is 23.0 Å². The Hall–Kier alpha value is -2.91. The number of hydrogen-bond donors (Lipinski definition) is 1. The van der Waals surface area contributed by atoms with Crippen LogP contribution in [-0.2, 0) is 6.18 Å². The largest absolute Gasteiger partial charge is 0.418 e. The van der Waals surface area contributed by atoms with Gasteiger partial charge in [0.1, 0.15) is 6.33 Å². The van der Waals surface area contributed by atoms with Crippen molar-refractivity contribution < 1.29 is 18.1 Å². The van der Waals surface area contributed by atoms with E-state index in [1.165, 1.54) is 18.2 Å². The van der Waals surface area contributed by atoms with Crippen molar-refractivity contribution in [3.05, 3.63) is 46.3 Å². The number of nitro groups is 1. The zero-order chi connectivity index (χ0) is 18.7. The highest BCUT2D eigenvalue weighted by Crippen LogP contribution is 2.39. The number of nitrogens with one attached hydrogen (secondary N) is 1. The molecule has 26 heavy (non-hydrogen) atoms. The van der Waals surface area contributed by atoms with Crippen molar-refractivity contribution in [1.82, 2.24) is 9.97 Å². The van der Waals surface area contributed by atoms with Crippen molar-refractivity contribution in [2.75, 3.05) is 23.3 Å². The van der Waals surface area contributed by atoms with E-state index in [0.29, 0.717) is 13.1 Å². The van der Waals surface area contributed by atoms with Crippen LogP contribution in [0.25, 0.3) is 0 Å². The lowest BCUT2D eigenvalue weighted by atomic mass is 10.1. The van der Waals surface area contributed by atoms with E-state index in [1.54, 1.807) is 4.90 Å². The molecule has 138 valence electrons. The zero-order valence-electron chi connectivity index (χ0n) is 13.7. The average molecular weight is 367 g/mol. The molecular formula is C16H16F3N5O2. The molecule has 1 aromatic heterocycles. The maximum Gasteiger partial charge on any atom is 0.418 e. The van der Waals surface area contributed by atoms with E-state index < -0.39 is 22.4 Å². The molecule has 2 heterocycles. The third-order valence-electron chi connectivity index (χ3n) is 4.13. The Morgan fingerprint density at radius 3 is 2.46 bits per heavy atom. The maximum absolute atomic E-state index is 13.2. The van der Waals surface area contributed by atoms with Gasteiger partial charge in [-0.05, 0) is 31.4 Å². The minimum absolute atomic E-state index is 0.122. The summed E-state index contributed by atoms with van der Waals surface area (Å²) in [6.07, 6.45) is -0.697. The highest BCUT2D eigenvalue weighted by atomic mass is 19.4. The normalized spacial score (nSPS) is 15.0. The molecule has 1 aromatic carbocycles. The summed E-state index contributed by atoms with van der Waals surface area (Å²) in [6.45, 7) is 1.22. The van der Waals surface area contributed by atoms with Crippen molar-refractivity contribution in [2.45, 2.75) is 25.4 Å². The molecule has 0 bridgehead atoms. The summed E-state index contributed by atoms with van der Waals surface area (Å²) in [4.78, 5) is 20.5. The Labute approximate surface area is 147 Å². The van der Waals surface area contributed by atoms with E-state index in [4.69, 9.17) is 0 Å². The first-order valence-corrected chi connectivity index (χ1v) is 8.05. The average Bonchev–Trinajstić information content (AvgIpc) is 2.61. The number of piperidine rings is 1. The lowest BCUT2D eigenvalue weighted by Gasteiger charge is -2.27. The lowest BCUT2D eigenvalue weighted by molar-refractivity contribution is -0.383. The molecule has 0 atom stereocenters. The molecule has 0 unspecified atom stereocenters. The fourth-order valence-electron chi connectivity index (χ4n) is 2.93. The first-order chi connectivity index (χ1) is 12.4. The van der Waals surface area contributed by atoms with E-state index in [9.17, 15) is 23.3 Å². The van der Waals surface area contributed by atoms with Crippen LogP contribution in [0.2, 0.25) is 0 Å². The molecule has 0 saturated carbocycles. The van der Waals surface area contributed by atoms with Crippen molar-refractivity contribution in [1.29, 1.82) is 0 Å². The predicted molar refractivity (Wildman–Crippen MR) is 89.5 cm³/mol. The number of nitrogens with zero attached hydrogens (tertiary/aromatic N) is 4. The van der Waals surface area contributed by atoms with Gasteiger partial charge in [-0.2, -0.15) is 13.2 Å². The molecule has 3 rings (SSSR count). The van der Waals surface area contributed by atoms with Gasteiger partial charge in [0.05, 0.1) is 16.2 Å². The van der Waals surface area contributed by atoms with Gasteiger partial charge in [-0.15, -0.1) is 0 Å². The van der Waals surface area contributed by atoms with Crippen molar-refractivity contribution in [3.63, 3.8) is 0 Å². The summed E-state index contributed by atoms with van der Waals surface area (Å²) in [5.74, 6) is -0.140. The molecule has 0 radical (unpaired) electrons. The summed E-state index contributed by atoms with van der Waals surface area (Å²) in [5, 5.41) is 14.1. The van der Waals surface area contributed by atoms with Gasteiger partial charge >= 0.3 is 11.9 Å². The van der Waals surface area contributed by atoms with Crippen LogP contribution in [0.4, 0.5) is 36.2 Å². The van der Waals surface area contributed by atoms with Gasteiger partial charge in [0.25, 0.3) is 0 Å². The number of rotatable bonds is 4. The molecule has 1 aliphatic rings. The molecule has 1 N–H and O–H groups in total. The SMILES string of the molecule is O=[N+]([O-])c1c(Nc2ccccc2C(F)(F)F)ncnc1N1CCCCC1. The maximum atomic E-state index is 13.2. The van der Waals surface area contributed by atoms with Crippen LogP contribution in [0.15, 0.2) is 30.6 Å². The van der Waals surface area contributed by atoms with E-state index in [2.05, 4.69) is 15.3 Å². The molecule has 2 aromatic rings. The number of halogens is 3. The first-order valence-electron chi connectivity index (χ1n) is 8.05. The summed E-state index contributed by atoms with van der Waals surface area (Å²) < 4.78 is 39.5. The molecule has 10 heteroatoms. The van der Waals surface area contributed by atoms with Gasteiger partial charge < -0.3 is 10.2 Å². The summed E-state index contributed by atoms with van der Waals surface area (Å²) in [6, 6.07) is 4.77. The molecule has 0 aliphatic carbocycles. The third kappa shape index (κ3) is 3.68. The van der Waals surface area contributed by atoms with Crippen LogP contribution >= 0.6 is 0 Å². The van der Waals surface area contributed by atoms with Crippen LogP contribution in [0.5, 0.6) is 0 Å². The summed E-state index contributed by atoms with van der Waals surface area (Å²) in [5.41, 5.74) is -1.65. The third-order valence-corrected chi connectivity index (χ3v) is 4.13. The van der Waals surface area contributed by atoms with Crippen LogP contribution < -0.4 is 10.2 Å². The van der Waals surface area contributed by atoms with E-state index in [0.717, 1.165) is 31.7 Å². The van der Waals surface area contributed by atoms with E-state index >= 15 is 0 Å². The molecule has 0 spiro atoms. The van der Waals surface area contributed by atoms with E-state index in [1.807, 2.05) is 0 Å². The molecule has 7 nitrogen and oxygen atoms in total. The quantitative estimate of drug-likeness (QED) is 0.646. The fraction of sp³-hybridized carbons (Fsp3) is 0.375. The van der Waals surface area contributed by atoms with Crippen molar-refractivity contribution in [3.8, 4) is 0 Å². The molecule has 1 saturated heterocycles. The van der Waals surface area contributed by atoms with Gasteiger partial charge in [-0.1, -0.05) is 12.1 Å².